The molecule has 0 spiro atoms. The number of aliphatic carboxylic acids is 1. The first-order valence-electron chi connectivity index (χ1n) is 7.99. The second-order valence-electron chi connectivity index (χ2n) is 5.16. The van der Waals surface area contributed by atoms with E-state index < -0.39 is 12.1 Å². The van der Waals surface area contributed by atoms with Crippen LogP contribution in [0.15, 0.2) is 36.5 Å². The third-order valence-corrected chi connectivity index (χ3v) is 3.09. The minimum atomic E-state index is -1.18. The fourth-order valence-corrected chi connectivity index (χ4v) is 1.94. The first kappa shape index (κ1) is 24.5. The molecular formula is C18H29KO3. The summed E-state index contributed by atoms with van der Waals surface area (Å²) in [5.41, 5.74) is 0. The third-order valence-electron chi connectivity index (χ3n) is 3.09. The molecule has 0 radical (unpaired) electrons. The van der Waals surface area contributed by atoms with Crippen molar-refractivity contribution < 1.29 is 66.4 Å². The van der Waals surface area contributed by atoms with E-state index in [-0.39, 0.29) is 57.8 Å². The van der Waals surface area contributed by atoms with E-state index in [0.717, 1.165) is 44.9 Å². The quantitative estimate of drug-likeness (QED) is 0.300. The van der Waals surface area contributed by atoms with Crippen molar-refractivity contribution in [1.82, 2.24) is 0 Å². The summed E-state index contributed by atoms with van der Waals surface area (Å²) in [6.45, 7) is 2.13. The summed E-state index contributed by atoms with van der Waals surface area (Å²) in [7, 11) is 0. The van der Waals surface area contributed by atoms with Gasteiger partial charge in [0.25, 0.3) is 0 Å². The van der Waals surface area contributed by atoms with E-state index in [1.54, 1.807) is 0 Å². The molecule has 3 nitrogen and oxygen atoms in total. The Morgan fingerprint density at radius 3 is 2.18 bits per heavy atom. The summed E-state index contributed by atoms with van der Waals surface area (Å²) in [5.74, 6) is -1.18. The SMILES string of the molecule is CC/C=C\C/C=C\C/C=C\CCCCCC(O)CC(=O)[O-].[K+]. The molecule has 0 aliphatic carbocycles. The number of aliphatic hydroxyl groups is 1. The van der Waals surface area contributed by atoms with Crippen molar-refractivity contribution >= 4 is 5.97 Å². The molecule has 0 aliphatic heterocycles. The average Bonchev–Trinajstić information content (AvgIpc) is 2.43. The van der Waals surface area contributed by atoms with Gasteiger partial charge in [-0.05, 0) is 38.5 Å². The number of allylic oxidation sites excluding steroid dienone is 6. The Balaban J connectivity index is 0. The van der Waals surface area contributed by atoms with Crippen LogP contribution in [-0.4, -0.2) is 17.2 Å². The maximum Gasteiger partial charge on any atom is 1.00 e. The van der Waals surface area contributed by atoms with Gasteiger partial charge in [0, 0.05) is 12.4 Å². The molecule has 0 heterocycles. The van der Waals surface area contributed by atoms with Crippen LogP contribution in [0.1, 0.15) is 64.7 Å². The van der Waals surface area contributed by atoms with Crippen LogP contribution in [0.2, 0.25) is 0 Å². The molecule has 0 saturated carbocycles. The molecule has 0 saturated heterocycles. The fraction of sp³-hybridized carbons (Fsp3) is 0.611. The van der Waals surface area contributed by atoms with E-state index >= 15 is 0 Å². The smallest absolute Gasteiger partial charge is 0.550 e. The zero-order valence-corrected chi connectivity index (χ0v) is 17.3. The van der Waals surface area contributed by atoms with E-state index in [9.17, 15) is 15.0 Å². The first-order valence-corrected chi connectivity index (χ1v) is 7.99. The van der Waals surface area contributed by atoms with Gasteiger partial charge in [-0.1, -0.05) is 56.2 Å². The van der Waals surface area contributed by atoms with Gasteiger partial charge < -0.3 is 15.0 Å². The minimum Gasteiger partial charge on any atom is -0.550 e. The fourth-order valence-electron chi connectivity index (χ4n) is 1.94. The van der Waals surface area contributed by atoms with Crippen LogP contribution in [0, 0.1) is 0 Å². The maximum absolute atomic E-state index is 10.3. The largest absolute Gasteiger partial charge is 1.00 e. The molecule has 22 heavy (non-hydrogen) atoms. The number of carbonyl (C=O) groups excluding carboxylic acids is 1. The predicted octanol–water partition coefficient (Wildman–Crippen LogP) is 0.301. The topological polar surface area (TPSA) is 60.4 Å². The first-order chi connectivity index (χ1) is 10.2. The molecule has 4 heteroatoms. The molecule has 0 amide bonds. The summed E-state index contributed by atoms with van der Waals surface area (Å²) < 4.78 is 0. The average molecular weight is 333 g/mol. The van der Waals surface area contributed by atoms with E-state index in [1.165, 1.54) is 0 Å². The Labute approximate surface area is 178 Å². The van der Waals surface area contributed by atoms with Crippen LogP contribution in [-0.2, 0) is 4.79 Å². The number of hydrogen-bond acceptors (Lipinski definition) is 3. The van der Waals surface area contributed by atoms with Crippen molar-refractivity contribution in [3.8, 4) is 0 Å². The van der Waals surface area contributed by atoms with Gasteiger partial charge in [-0.25, -0.2) is 0 Å². The normalized spacial score (nSPS) is 13.0. The molecule has 0 aliphatic rings. The van der Waals surface area contributed by atoms with Crippen LogP contribution in [0.25, 0.3) is 0 Å². The van der Waals surface area contributed by atoms with Crippen molar-refractivity contribution in [3.05, 3.63) is 36.5 Å². The summed E-state index contributed by atoms with van der Waals surface area (Å²) in [4.78, 5) is 10.3. The number of carbonyl (C=O) groups is 1. The van der Waals surface area contributed by atoms with Crippen LogP contribution in [0.3, 0.4) is 0 Å². The Bertz CT molecular complexity index is 335. The van der Waals surface area contributed by atoms with Gasteiger partial charge >= 0.3 is 51.4 Å². The van der Waals surface area contributed by atoms with Crippen LogP contribution >= 0.6 is 0 Å². The summed E-state index contributed by atoms with van der Waals surface area (Å²) in [5, 5.41) is 19.6. The molecule has 120 valence electrons. The number of carboxylic acids is 1. The van der Waals surface area contributed by atoms with Crippen molar-refractivity contribution in [2.75, 3.05) is 0 Å². The van der Waals surface area contributed by atoms with E-state index in [0.29, 0.717) is 6.42 Å². The van der Waals surface area contributed by atoms with Crippen LogP contribution < -0.4 is 56.5 Å². The maximum atomic E-state index is 10.3. The van der Waals surface area contributed by atoms with Gasteiger partial charge in [0.15, 0.2) is 0 Å². The second kappa shape index (κ2) is 19.3. The van der Waals surface area contributed by atoms with Crippen molar-refractivity contribution in [2.45, 2.75) is 70.8 Å². The number of unbranched alkanes of at least 4 members (excludes halogenated alkanes) is 3. The molecule has 0 bridgehead atoms. The molecule has 0 fully saturated rings. The van der Waals surface area contributed by atoms with Gasteiger partial charge in [-0.2, -0.15) is 0 Å². The van der Waals surface area contributed by atoms with Crippen LogP contribution in [0.4, 0.5) is 0 Å². The summed E-state index contributed by atoms with van der Waals surface area (Å²) >= 11 is 0. The van der Waals surface area contributed by atoms with E-state index in [1.807, 2.05) is 0 Å². The Hall–Kier alpha value is 0.286. The van der Waals surface area contributed by atoms with Gasteiger partial charge in [-0.15, -0.1) is 0 Å². The van der Waals surface area contributed by atoms with Crippen molar-refractivity contribution in [1.29, 1.82) is 0 Å². The Kier molecular flexibility index (Phi) is 21.6. The third kappa shape index (κ3) is 20.3. The molecular weight excluding hydrogens is 303 g/mol. The zero-order valence-electron chi connectivity index (χ0n) is 14.2. The molecule has 0 rings (SSSR count). The van der Waals surface area contributed by atoms with Gasteiger partial charge in [0.1, 0.15) is 0 Å². The minimum absolute atomic E-state index is 0. The van der Waals surface area contributed by atoms with E-state index in [4.69, 9.17) is 0 Å². The van der Waals surface area contributed by atoms with E-state index in [2.05, 4.69) is 43.4 Å². The summed E-state index contributed by atoms with van der Waals surface area (Å²) in [6.07, 6.45) is 19.7. The van der Waals surface area contributed by atoms with Crippen molar-refractivity contribution in [2.24, 2.45) is 0 Å². The van der Waals surface area contributed by atoms with Crippen LogP contribution in [0.5, 0.6) is 0 Å². The van der Waals surface area contributed by atoms with Gasteiger partial charge in [-0.3, -0.25) is 0 Å². The molecule has 1 atom stereocenters. The summed E-state index contributed by atoms with van der Waals surface area (Å²) in [6, 6.07) is 0. The Morgan fingerprint density at radius 1 is 1.00 bits per heavy atom. The molecule has 1 N–H and O–H groups in total. The standard InChI is InChI=1S/C18H30O3.K/c1-2-3-4-5-6-7-8-9-10-11-12-13-14-15-17(19)16-18(20)21;/h3-4,6-7,9-10,17,19H,2,5,8,11-16H2,1H3,(H,20,21);/q;+1/p-1/b4-3-,7-6-,10-9-;. The monoisotopic (exact) mass is 332 g/mol. The molecule has 1 unspecified atom stereocenters. The number of aliphatic hydroxyl groups excluding tert-OH is 1. The van der Waals surface area contributed by atoms with Gasteiger partial charge in [0.05, 0.1) is 6.10 Å². The van der Waals surface area contributed by atoms with Gasteiger partial charge in [0.2, 0.25) is 0 Å². The second-order valence-corrected chi connectivity index (χ2v) is 5.16. The predicted molar refractivity (Wildman–Crippen MR) is 85.7 cm³/mol. The molecule has 0 aromatic carbocycles. The molecule has 0 aromatic rings. The zero-order chi connectivity index (χ0) is 15.8. The van der Waals surface area contributed by atoms with Crippen molar-refractivity contribution in [3.63, 3.8) is 0 Å². The molecule has 0 aromatic heterocycles. The Morgan fingerprint density at radius 2 is 1.59 bits per heavy atom. The number of carboxylic acid groups (broad SMARTS) is 1. The number of hydrogen-bond donors (Lipinski definition) is 1. The number of rotatable bonds is 13.